The molecule has 4 nitrogen and oxygen atoms in total. The zero-order valence-corrected chi connectivity index (χ0v) is 12.3. The SMILES string of the molecule is CCC1CCCN(c2cc(OC)ccc2C(=O)O)CC1. The van der Waals surface area contributed by atoms with Gasteiger partial charge in [0.15, 0.2) is 0 Å². The van der Waals surface area contributed by atoms with Crippen LogP contribution in [-0.4, -0.2) is 31.3 Å². The molecule has 0 spiro atoms. The van der Waals surface area contributed by atoms with Crippen LogP contribution >= 0.6 is 0 Å². The lowest BCUT2D eigenvalue weighted by Gasteiger charge is -2.25. The number of hydrogen-bond donors (Lipinski definition) is 1. The van der Waals surface area contributed by atoms with Crippen molar-refractivity contribution >= 4 is 11.7 Å². The number of carboxylic acid groups (broad SMARTS) is 1. The number of benzene rings is 1. The summed E-state index contributed by atoms with van der Waals surface area (Å²) in [4.78, 5) is 13.6. The molecule has 0 bridgehead atoms. The van der Waals surface area contributed by atoms with Crippen molar-refractivity contribution < 1.29 is 14.6 Å². The van der Waals surface area contributed by atoms with Gasteiger partial charge < -0.3 is 14.7 Å². The van der Waals surface area contributed by atoms with Gasteiger partial charge in [0.1, 0.15) is 5.75 Å². The van der Waals surface area contributed by atoms with Crippen LogP contribution in [0.1, 0.15) is 43.0 Å². The van der Waals surface area contributed by atoms with Gasteiger partial charge in [-0.1, -0.05) is 13.3 Å². The predicted octanol–water partition coefficient (Wildman–Crippen LogP) is 3.41. The monoisotopic (exact) mass is 277 g/mol. The highest BCUT2D eigenvalue weighted by atomic mass is 16.5. The fraction of sp³-hybridized carbons (Fsp3) is 0.562. The summed E-state index contributed by atoms with van der Waals surface area (Å²) in [6.07, 6.45) is 4.69. The molecule has 20 heavy (non-hydrogen) atoms. The molecule has 4 heteroatoms. The molecule has 0 saturated carbocycles. The molecule has 0 radical (unpaired) electrons. The number of nitrogens with zero attached hydrogens (tertiary/aromatic N) is 1. The summed E-state index contributed by atoms with van der Waals surface area (Å²) >= 11 is 0. The maximum absolute atomic E-state index is 11.4. The van der Waals surface area contributed by atoms with Crippen LogP contribution in [0.15, 0.2) is 18.2 Å². The maximum atomic E-state index is 11.4. The maximum Gasteiger partial charge on any atom is 0.337 e. The smallest absolute Gasteiger partial charge is 0.337 e. The highest BCUT2D eigenvalue weighted by Crippen LogP contribution is 2.30. The van der Waals surface area contributed by atoms with E-state index >= 15 is 0 Å². The van der Waals surface area contributed by atoms with E-state index in [1.54, 1.807) is 19.2 Å². The van der Waals surface area contributed by atoms with Crippen LogP contribution in [0.3, 0.4) is 0 Å². The van der Waals surface area contributed by atoms with Gasteiger partial charge in [0.25, 0.3) is 0 Å². The summed E-state index contributed by atoms with van der Waals surface area (Å²) in [6.45, 7) is 4.07. The van der Waals surface area contributed by atoms with Gasteiger partial charge in [0.2, 0.25) is 0 Å². The Hall–Kier alpha value is -1.71. The summed E-state index contributed by atoms with van der Waals surface area (Å²) in [5.74, 6) is 0.596. The predicted molar refractivity (Wildman–Crippen MR) is 79.8 cm³/mol. The molecule has 1 N–H and O–H groups in total. The van der Waals surface area contributed by atoms with Crippen molar-refractivity contribution in [3.05, 3.63) is 23.8 Å². The third kappa shape index (κ3) is 3.24. The molecule has 0 aliphatic carbocycles. The summed E-state index contributed by atoms with van der Waals surface area (Å²) in [5, 5.41) is 9.36. The first-order chi connectivity index (χ1) is 9.65. The van der Waals surface area contributed by atoms with E-state index in [1.165, 1.54) is 12.8 Å². The van der Waals surface area contributed by atoms with E-state index in [2.05, 4.69) is 11.8 Å². The summed E-state index contributed by atoms with van der Waals surface area (Å²) < 4.78 is 5.23. The average molecular weight is 277 g/mol. The summed E-state index contributed by atoms with van der Waals surface area (Å²) in [7, 11) is 1.61. The Kier molecular flexibility index (Phi) is 4.88. The van der Waals surface area contributed by atoms with Crippen molar-refractivity contribution in [1.29, 1.82) is 0 Å². The van der Waals surface area contributed by atoms with Gasteiger partial charge >= 0.3 is 5.97 Å². The second kappa shape index (κ2) is 6.64. The molecule has 1 aromatic rings. The number of carbonyl (C=O) groups is 1. The number of rotatable bonds is 4. The van der Waals surface area contributed by atoms with E-state index in [0.717, 1.165) is 37.5 Å². The van der Waals surface area contributed by atoms with Gasteiger partial charge in [0.05, 0.1) is 18.4 Å². The van der Waals surface area contributed by atoms with E-state index in [1.807, 2.05) is 6.07 Å². The van der Waals surface area contributed by atoms with Crippen molar-refractivity contribution in [2.24, 2.45) is 5.92 Å². The fourth-order valence-electron chi connectivity index (χ4n) is 2.90. The zero-order chi connectivity index (χ0) is 14.5. The van der Waals surface area contributed by atoms with Gasteiger partial charge in [-0.05, 0) is 37.3 Å². The Morgan fingerprint density at radius 1 is 1.40 bits per heavy atom. The number of carboxylic acids is 1. The Morgan fingerprint density at radius 3 is 2.85 bits per heavy atom. The first-order valence-corrected chi connectivity index (χ1v) is 7.32. The molecular formula is C16H23NO3. The third-order valence-electron chi connectivity index (χ3n) is 4.20. The minimum Gasteiger partial charge on any atom is -0.497 e. The van der Waals surface area contributed by atoms with Crippen LogP contribution < -0.4 is 9.64 Å². The third-order valence-corrected chi connectivity index (χ3v) is 4.20. The molecule has 2 rings (SSSR count). The van der Waals surface area contributed by atoms with E-state index in [0.29, 0.717) is 11.3 Å². The molecule has 1 unspecified atom stereocenters. The standard InChI is InChI=1S/C16H23NO3/c1-3-12-5-4-9-17(10-8-12)15-11-13(20-2)6-7-14(15)16(18)19/h6-7,11-12H,3-5,8-10H2,1-2H3,(H,18,19). The molecule has 0 aromatic heterocycles. The van der Waals surface area contributed by atoms with Gasteiger partial charge in [-0.15, -0.1) is 0 Å². The Balaban J connectivity index is 2.27. The van der Waals surface area contributed by atoms with E-state index in [4.69, 9.17) is 4.74 Å². The summed E-state index contributed by atoms with van der Waals surface area (Å²) in [6, 6.07) is 5.19. The summed E-state index contributed by atoms with van der Waals surface area (Å²) in [5.41, 5.74) is 1.15. The number of anilines is 1. The lowest BCUT2D eigenvalue weighted by Crippen LogP contribution is -2.26. The van der Waals surface area contributed by atoms with E-state index in [9.17, 15) is 9.90 Å². The quantitative estimate of drug-likeness (QED) is 0.916. The molecule has 1 atom stereocenters. The van der Waals surface area contributed by atoms with Crippen LogP contribution in [0.4, 0.5) is 5.69 Å². The zero-order valence-electron chi connectivity index (χ0n) is 12.3. The second-order valence-corrected chi connectivity index (χ2v) is 5.38. The van der Waals surface area contributed by atoms with Crippen LogP contribution in [0.25, 0.3) is 0 Å². The highest BCUT2D eigenvalue weighted by molar-refractivity contribution is 5.94. The van der Waals surface area contributed by atoms with Crippen molar-refractivity contribution in [3.63, 3.8) is 0 Å². The normalized spacial score (nSPS) is 19.5. The molecule has 1 aliphatic rings. The minimum absolute atomic E-state index is 0.362. The number of hydrogen-bond acceptors (Lipinski definition) is 3. The molecule has 1 fully saturated rings. The fourth-order valence-corrected chi connectivity index (χ4v) is 2.90. The molecular weight excluding hydrogens is 254 g/mol. The van der Waals surface area contributed by atoms with Crippen molar-refractivity contribution in [1.82, 2.24) is 0 Å². The minimum atomic E-state index is -0.876. The first-order valence-electron chi connectivity index (χ1n) is 7.32. The largest absolute Gasteiger partial charge is 0.497 e. The van der Waals surface area contributed by atoms with Crippen LogP contribution in [0, 0.1) is 5.92 Å². The molecule has 0 amide bonds. The molecule has 1 saturated heterocycles. The Bertz CT molecular complexity index is 473. The second-order valence-electron chi connectivity index (χ2n) is 5.38. The molecule has 110 valence electrons. The lowest BCUT2D eigenvalue weighted by molar-refractivity contribution is 0.0697. The number of aromatic carboxylic acids is 1. The Morgan fingerprint density at radius 2 is 2.20 bits per heavy atom. The molecule has 1 heterocycles. The molecule has 1 aliphatic heterocycles. The van der Waals surface area contributed by atoms with Gasteiger partial charge in [0, 0.05) is 19.2 Å². The lowest BCUT2D eigenvalue weighted by atomic mass is 9.98. The van der Waals surface area contributed by atoms with E-state index < -0.39 is 5.97 Å². The van der Waals surface area contributed by atoms with Crippen LogP contribution in [-0.2, 0) is 0 Å². The van der Waals surface area contributed by atoms with Crippen molar-refractivity contribution in [2.45, 2.75) is 32.6 Å². The van der Waals surface area contributed by atoms with Crippen molar-refractivity contribution in [2.75, 3.05) is 25.1 Å². The van der Waals surface area contributed by atoms with E-state index in [-0.39, 0.29) is 0 Å². The van der Waals surface area contributed by atoms with Gasteiger partial charge in [-0.25, -0.2) is 4.79 Å². The first kappa shape index (κ1) is 14.7. The number of ether oxygens (including phenoxy) is 1. The average Bonchev–Trinajstić information content (AvgIpc) is 2.71. The van der Waals surface area contributed by atoms with Crippen molar-refractivity contribution in [3.8, 4) is 5.75 Å². The van der Waals surface area contributed by atoms with Gasteiger partial charge in [-0.3, -0.25) is 0 Å². The van der Waals surface area contributed by atoms with Crippen LogP contribution in [0.2, 0.25) is 0 Å². The molecule has 1 aromatic carbocycles. The topological polar surface area (TPSA) is 49.8 Å². The van der Waals surface area contributed by atoms with Crippen LogP contribution in [0.5, 0.6) is 5.75 Å². The highest BCUT2D eigenvalue weighted by Gasteiger charge is 2.20. The number of methoxy groups -OCH3 is 1. The van der Waals surface area contributed by atoms with Gasteiger partial charge in [-0.2, -0.15) is 0 Å². The Labute approximate surface area is 120 Å².